The molecule has 4 aromatic rings. The Morgan fingerprint density at radius 2 is 1.44 bits per heavy atom. The van der Waals surface area contributed by atoms with E-state index in [-0.39, 0.29) is 23.8 Å². The first-order valence-corrected chi connectivity index (χ1v) is 16.0. The lowest BCUT2D eigenvalue weighted by Gasteiger charge is -2.34. The SMILES string of the molecule is CCNC(=O)[C@@H](Cc1ccccc1)N(Cc1ccc(Cl)cc1)C(=O)CN(c1cccc(C)c1)S(=O)(=O)c1ccc(Cl)cc1. The van der Waals surface area contributed by atoms with Gasteiger partial charge in [-0.1, -0.05) is 77.8 Å². The van der Waals surface area contributed by atoms with Crippen molar-refractivity contribution >= 4 is 50.7 Å². The van der Waals surface area contributed by atoms with Crippen LogP contribution in [0.4, 0.5) is 5.69 Å². The van der Waals surface area contributed by atoms with E-state index in [0.29, 0.717) is 22.3 Å². The molecule has 0 saturated carbocycles. The Morgan fingerprint density at radius 1 is 0.814 bits per heavy atom. The topological polar surface area (TPSA) is 86.8 Å². The molecule has 0 aliphatic heterocycles. The monoisotopic (exact) mass is 637 g/mol. The van der Waals surface area contributed by atoms with Crippen LogP contribution >= 0.6 is 23.2 Å². The molecular weight excluding hydrogens is 605 g/mol. The van der Waals surface area contributed by atoms with Gasteiger partial charge in [-0.25, -0.2) is 8.42 Å². The highest BCUT2D eigenvalue weighted by molar-refractivity contribution is 7.92. The van der Waals surface area contributed by atoms with Crippen molar-refractivity contribution < 1.29 is 18.0 Å². The first-order valence-electron chi connectivity index (χ1n) is 13.8. The van der Waals surface area contributed by atoms with Crippen LogP contribution in [-0.2, 0) is 32.6 Å². The van der Waals surface area contributed by atoms with Crippen molar-refractivity contribution in [3.8, 4) is 0 Å². The summed E-state index contributed by atoms with van der Waals surface area (Å²) in [5, 5.41) is 3.77. The Bertz CT molecular complexity index is 1650. The average molecular weight is 639 g/mol. The number of hydrogen-bond donors (Lipinski definition) is 1. The lowest BCUT2D eigenvalue weighted by molar-refractivity contribution is -0.140. The van der Waals surface area contributed by atoms with Crippen LogP contribution in [0.15, 0.2) is 108 Å². The average Bonchev–Trinajstić information content (AvgIpc) is 2.99. The number of sulfonamides is 1. The van der Waals surface area contributed by atoms with Gasteiger partial charge >= 0.3 is 0 Å². The molecule has 10 heteroatoms. The molecule has 0 saturated heterocycles. The molecule has 2 amide bonds. The van der Waals surface area contributed by atoms with Crippen molar-refractivity contribution in [3.63, 3.8) is 0 Å². The summed E-state index contributed by atoms with van der Waals surface area (Å²) >= 11 is 12.1. The van der Waals surface area contributed by atoms with Gasteiger partial charge in [0.1, 0.15) is 12.6 Å². The molecule has 7 nitrogen and oxygen atoms in total. The third-order valence-electron chi connectivity index (χ3n) is 6.86. The second-order valence-electron chi connectivity index (χ2n) is 10.1. The van der Waals surface area contributed by atoms with Gasteiger partial charge in [0.15, 0.2) is 0 Å². The molecule has 0 heterocycles. The van der Waals surface area contributed by atoms with Gasteiger partial charge in [-0.3, -0.25) is 13.9 Å². The van der Waals surface area contributed by atoms with Crippen LogP contribution in [-0.4, -0.2) is 44.3 Å². The molecule has 43 heavy (non-hydrogen) atoms. The predicted molar refractivity (Wildman–Crippen MR) is 172 cm³/mol. The Balaban J connectivity index is 1.79. The second-order valence-corrected chi connectivity index (χ2v) is 12.8. The van der Waals surface area contributed by atoms with E-state index < -0.39 is 28.5 Å². The highest BCUT2D eigenvalue weighted by Crippen LogP contribution is 2.27. The second kappa shape index (κ2) is 14.6. The number of hydrogen-bond acceptors (Lipinski definition) is 4. The number of amides is 2. The maximum Gasteiger partial charge on any atom is 0.264 e. The molecule has 0 aliphatic carbocycles. The minimum atomic E-state index is -4.20. The van der Waals surface area contributed by atoms with E-state index >= 15 is 0 Å². The number of anilines is 1. The number of nitrogens with one attached hydrogen (secondary N) is 1. The van der Waals surface area contributed by atoms with Crippen LogP contribution in [0, 0.1) is 6.92 Å². The molecule has 4 aromatic carbocycles. The fraction of sp³-hybridized carbons (Fsp3) is 0.212. The fourth-order valence-corrected chi connectivity index (χ4v) is 6.34. The lowest BCUT2D eigenvalue weighted by Crippen LogP contribution is -2.53. The van der Waals surface area contributed by atoms with Gasteiger partial charge in [0, 0.05) is 29.6 Å². The van der Waals surface area contributed by atoms with E-state index in [1.165, 1.54) is 29.2 Å². The van der Waals surface area contributed by atoms with Gasteiger partial charge in [0.25, 0.3) is 10.0 Å². The van der Waals surface area contributed by atoms with E-state index in [1.54, 1.807) is 49.4 Å². The summed E-state index contributed by atoms with van der Waals surface area (Å²) in [6.07, 6.45) is 0.236. The lowest BCUT2D eigenvalue weighted by atomic mass is 10.0. The molecule has 0 aromatic heterocycles. The highest BCUT2D eigenvalue weighted by Gasteiger charge is 2.34. The summed E-state index contributed by atoms with van der Waals surface area (Å²) in [6, 6.07) is 28.2. The van der Waals surface area contributed by atoms with E-state index in [9.17, 15) is 18.0 Å². The van der Waals surface area contributed by atoms with Gasteiger partial charge in [-0.05, 0) is 79.1 Å². The number of halogens is 2. The Morgan fingerprint density at radius 3 is 2.05 bits per heavy atom. The van der Waals surface area contributed by atoms with Crippen molar-refractivity contribution in [1.29, 1.82) is 0 Å². The summed E-state index contributed by atoms with van der Waals surface area (Å²) in [6.45, 7) is 3.55. The van der Waals surface area contributed by atoms with Crippen LogP contribution in [0.25, 0.3) is 0 Å². The number of carbonyl (C=O) groups excluding carboxylic acids is 2. The minimum Gasteiger partial charge on any atom is -0.355 e. The zero-order valence-corrected chi connectivity index (χ0v) is 26.2. The first kappa shape index (κ1) is 32.1. The third-order valence-corrected chi connectivity index (χ3v) is 9.15. The number of carbonyl (C=O) groups is 2. The van der Waals surface area contributed by atoms with Crippen LogP contribution in [0.5, 0.6) is 0 Å². The number of aryl methyl sites for hydroxylation is 1. The summed E-state index contributed by atoms with van der Waals surface area (Å²) in [4.78, 5) is 29.3. The predicted octanol–water partition coefficient (Wildman–Crippen LogP) is 6.27. The first-order chi connectivity index (χ1) is 20.6. The zero-order valence-electron chi connectivity index (χ0n) is 23.9. The van der Waals surface area contributed by atoms with E-state index in [4.69, 9.17) is 23.2 Å². The Kier molecular flexibility index (Phi) is 10.9. The molecule has 0 radical (unpaired) electrons. The largest absolute Gasteiger partial charge is 0.355 e. The van der Waals surface area contributed by atoms with Gasteiger partial charge in [0.2, 0.25) is 11.8 Å². The molecule has 0 aliphatic rings. The van der Waals surface area contributed by atoms with Crippen molar-refractivity contribution in [2.24, 2.45) is 0 Å². The number of rotatable bonds is 12. The molecule has 0 fully saturated rings. The van der Waals surface area contributed by atoms with Crippen LogP contribution in [0.2, 0.25) is 10.0 Å². The molecule has 0 unspecified atom stereocenters. The van der Waals surface area contributed by atoms with Crippen molar-refractivity contribution in [3.05, 3.63) is 130 Å². The standard InChI is InChI=1S/C33H33Cl2N3O4S/c1-3-36-33(40)31(21-25-9-5-4-6-10-25)37(22-26-12-14-27(34)15-13-26)32(39)23-38(29-11-7-8-24(2)20-29)43(41,42)30-18-16-28(35)17-19-30/h4-20,31H,3,21-23H2,1-2H3,(H,36,40)/t31-/m1/s1. The van der Waals surface area contributed by atoms with Gasteiger partial charge in [-0.2, -0.15) is 0 Å². The van der Waals surface area contributed by atoms with Crippen LogP contribution in [0.1, 0.15) is 23.6 Å². The molecule has 1 atom stereocenters. The van der Waals surface area contributed by atoms with Crippen LogP contribution < -0.4 is 9.62 Å². The molecule has 0 bridgehead atoms. The molecule has 1 N–H and O–H groups in total. The van der Waals surface area contributed by atoms with Crippen molar-refractivity contribution in [2.75, 3.05) is 17.4 Å². The summed E-state index contributed by atoms with van der Waals surface area (Å²) in [5.74, 6) is -0.877. The summed E-state index contributed by atoms with van der Waals surface area (Å²) in [7, 11) is -4.20. The maximum atomic E-state index is 14.3. The van der Waals surface area contributed by atoms with Crippen molar-refractivity contribution in [1.82, 2.24) is 10.2 Å². The van der Waals surface area contributed by atoms with Gasteiger partial charge in [-0.15, -0.1) is 0 Å². The van der Waals surface area contributed by atoms with Crippen molar-refractivity contribution in [2.45, 2.75) is 37.8 Å². The van der Waals surface area contributed by atoms with Gasteiger partial charge < -0.3 is 10.2 Å². The smallest absolute Gasteiger partial charge is 0.264 e. The van der Waals surface area contributed by atoms with E-state index in [0.717, 1.165) is 21.0 Å². The summed E-state index contributed by atoms with van der Waals surface area (Å²) in [5.41, 5.74) is 2.75. The van der Waals surface area contributed by atoms with E-state index in [2.05, 4.69) is 5.32 Å². The highest BCUT2D eigenvalue weighted by atomic mass is 35.5. The normalized spacial score (nSPS) is 11.9. The Labute approximate surface area is 263 Å². The van der Waals surface area contributed by atoms with E-state index in [1.807, 2.05) is 43.3 Å². The van der Waals surface area contributed by atoms with Gasteiger partial charge in [0.05, 0.1) is 10.6 Å². The number of likely N-dealkylation sites (N-methyl/N-ethyl adjacent to an activating group) is 1. The minimum absolute atomic E-state index is 0.0139. The molecule has 4 rings (SSSR count). The molecule has 224 valence electrons. The molecule has 0 spiro atoms. The number of benzene rings is 4. The molecular formula is C33H33Cl2N3O4S. The number of nitrogens with zero attached hydrogens (tertiary/aromatic N) is 2. The zero-order chi connectivity index (χ0) is 31.0. The Hall–Kier alpha value is -3.85. The third kappa shape index (κ3) is 8.38. The fourth-order valence-electron chi connectivity index (χ4n) is 4.68. The van der Waals surface area contributed by atoms with Crippen LogP contribution in [0.3, 0.4) is 0 Å². The summed E-state index contributed by atoms with van der Waals surface area (Å²) < 4.78 is 29.1. The quantitative estimate of drug-likeness (QED) is 0.198. The maximum absolute atomic E-state index is 14.3.